The van der Waals surface area contributed by atoms with Crippen LogP contribution in [0.3, 0.4) is 0 Å². The van der Waals surface area contributed by atoms with Crippen LogP contribution < -0.4 is 10.4 Å². The van der Waals surface area contributed by atoms with Gasteiger partial charge in [-0.15, -0.1) is 0 Å². The van der Waals surface area contributed by atoms with Crippen molar-refractivity contribution in [2.75, 3.05) is 31.1 Å². The predicted molar refractivity (Wildman–Crippen MR) is 94.4 cm³/mol. The second-order valence-corrected chi connectivity index (χ2v) is 7.52. The van der Waals surface area contributed by atoms with Crippen LogP contribution in [0.25, 0.3) is 0 Å². The summed E-state index contributed by atoms with van der Waals surface area (Å²) < 4.78 is 12.1. The Morgan fingerprint density at radius 1 is 1.08 bits per heavy atom. The third-order valence-electron chi connectivity index (χ3n) is 5.30. The molecule has 0 aliphatic carbocycles. The molecule has 0 aromatic carbocycles. The van der Waals surface area contributed by atoms with Crippen molar-refractivity contribution in [2.24, 2.45) is 0 Å². The first-order chi connectivity index (χ1) is 11.3. The van der Waals surface area contributed by atoms with E-state index in [1.54, 1.807) is 0 Å². The van der Waals surface area contributed by atoms with Gasteiger partial charge < -0.3 is 19.1 Å². The Bertz CT molecular complexity index is 575. The maximum Gasteiger partial charge on any atom is 0.496 e. The van der Waals surface area contributed by atoms with E-state index in [9.17, 15) is 4.79 Å². The summed E-state index contributed by atoms with van der Waals surface area (Å²) in [6.07, 6.45) is 3.72. The van der Waals surface area contributed by atoms with Gasteiger partial charge in [-0.25, -0.2) is 4.98 Å². The molecule has 0 radical (unpaired) electrons. The number of carbonyl (C=O) groups excluding carboxylic acids is 1. The van der Waals surface area contributed by atoms with Gasteiger partial charge in [0.15, 0.2) is 0 Å². The molecule has 2 saturated heterocycles. The molecule has 2 fully saturated rings. The highest BCUT2D eigenvalue weighted by Gasteiger charge is 2.51. The Hall–Kier alpha value is -1.60. The van der Waals surface area contributed by atoms with E-state index in [1.165, 1.54) is 0 Å². The fourth-order valence-corrected chi connectivity index (χ4v) is 2.98. The molecular formula is C17H26BN3O3. The van der Waals surface area contributed by atoms with Crippen LogP contribution in [0.1, 0.15) is 34.1 Å². The maximum atomic E-state index is 10.9. The van der Waals surface area contributed by atoms with Crippen LogP contribution in [-0.4, -0.2) is 60.8 Å². The molecule has 1 aromatic heterocycles. The van der Waals surface area contributed by atoms with Crippen molar-refractivity contribution in [3.8, 4) is 0 Å². The van der Waals surface area contributed by atoms with Crippen molar-refractivity contribution in [3.05, 3.63) is 18.3 Å². The number of amides is 1. The van der Waals surface area contributed by atoms with Gasteiger partial charge in [-0.05, 0) is 40.2 Å². The minimum absolute atomic E-state index is 0.348. The summed E-state index contributed by atoms with van der Waals surface area (Å²) in [5.74, 6) is 0.933. The van der Waals surface area contributed by atoms with Gasteiger partial charge >= 0.3 is 7.12 Å². The fourth-order valence-electron chi connectivity index (χ4n) is 2.98. The first-order valence-corrected chi connectivity index (χ1v) is 8.58. The van der Waals surface area contributed by atoms with Crippen LogP contribution in [-0.2, 0) is 14.1 Å². The molecule has 0 spiro atoms. The largest absolute Gasteiger partial charge is 0.496 e. The van der Waals surface area contributed by atoms with Crippen LogP contribution in [0.15, 0.2) is 18.3 Å². The topological polar surface area (TPSA) is 54.9 Å². The van der Waals surface area contributed by atoms with Gasteiger partial charge in [0.25, 0.3) is 0 Å². The van der Waals surface area contributed by atoms with Crippen molar-refractivity contribution in [2.45, 2.75) is 45.3 Å². The van der Waals surface area contributed by atoms with Gasteiger partial charge in [0.2, 0.25) is 6.41 Å². The van der Waals surface area contributed by atoms with Gasteiger partial charge in [-0.2, -0.15) is 0 Å². The van der Waals surface area contributed by atoms with E-state index in [-0.39, 0.29) is 18.3 Å². The highest BCUT2D eigenvalue weighted by molar-refractivity contribution is 6.62. The van der Waals surface area contributed by atoms with Gasteiger partial charge in [0.1, 0.15) is 5.82 Å². The molecule has 24 heavy (non-hydrogen) atoms. The number of hydrogen-bond acceptors (Lipinski definition) is 5. The molecule has 3 heterocycles. The van der Waals surface area contributed by atoms with E-state index in [0.29, 0.717) is 0 Å². The summed E-state index contributed by atoms with van der Waals surface area (Å²) in [5.41, 5.74) is 0.237. The quantitative estimate of drug-likeness (QED) is 0.612. The zero-order valence-electron chi connectivity index (χ0n) is 15.0. The molecule has 1 aromatic rings. The zero-order chi connectivity index (χ0) is 17.4. The van der Waals surface area contributed by atoms with Crippen molar-refractivity contribution in [1.29, 1.82) is 0 Å². The highest BCUT2D eigenvalue weighted by Crippen LogP contribution is 2.36. The summed E-state index contributed by atoms with van der Waals surface area (Å²) in [7, 11) is -0.383. The van der Waals surface area contributed by atoms with Gasteiger partial charge in [0, 0.05) is 37.8 Å². The van der Waals surface area contributed by atoms with Gasteiger partial charge in [-0.3, -0.25) is 4.79 Å². The molecule has 2 aliphatic heterocycles. The number of pyridine rings is 1. The maximum absolute atomic E-state index is 10.9. The summed E-state index contributed by atoms with van der Waals surface area (Å²) in [4.78, 5) is 19.5. The second-order valence-electron chi connectivity index (χ2n) is 7.52. The fraction of sp³-hybridized carbons (Fsp3) is 0.647. The number of nitrogens with zero attached hydrogens (tertiary/aromatic N) is 3. The molecule has 1 amide bonds. The smallest absolute Gasteiger partial charge is 0.399 e. The molecule has 2 aliphatic rings. The monoisotopic (exact) mass is 331 g/mol. The Morgan fingerprint density at radius 2 is 1.79 bits per heavy atom. The van der Waals surface area contributed by atoms with Crippen LogP contribution in [0.5, 0.6) is 0 Å². The molecule has 0 atom stereocenters. The van der Waals surface area contributed by atoms with E-state index in [1.807, 2.05) is 50.9 Å². The number of anilines is 1. The first-order valence-electron chi connectivity index (χ1n) is 8.58. The van der Waals surface area contributed by atoms with E-state index in [2.05, 4.69) is 9.88 Å². The van der Waals surface area contributed by atoms with Gasteiger partial charge in [-0.1, -0.05) is 6.07 Å². The van der Waals surface area contributed by atoms with Crippen molar-refractivity contribution in [1.82, 2.24) is 9.88 Å². The lowest BCUT2D eigenvalue weighted by atomic mass is 9.80. The normalized spacial score (nSPS) is 23.2. The molecule has 0 saturated carbocycles. The van der Waals surface area contributed by atoms with Crippen LogP contribution in [0, 0.1) is 0 Å². The molecule has 0 unspecified atom stereocenters. The number of rotatable bonds is 3. The number of aromatic nitrogens is 1. The third-order valence-corrected chi connectivity index (χ3v) is 5.30. The average molecular weight is 331 g/mol. The van der Waals surface area contributed by atoms with Crippen molar-refractivity contribution in [3.63, 3.8) is 0 Å². The Morgan fingerprint density at radius 3 is 2.38 bits per heavy atom. The summed E-state index contributed by atoms with van der Waals surface area (Å²) in [6, 6.07) is 4.03. The highest BCUT2D eigenvalue weighted by atomic mass is 16.7. The first kappa shape index (κ1) is 17.2. The van der Waals surface area contributed by atoms with E-state index >= 15 is 0 Å². The minimum Gasteiger partial charge on any atom is -0.399 e. The lowest BCUT2D eigenvalue weighted by Gasteiger charge is -2.32. The molecule has 3 rings (SSSR count). The molecule has 0 N–H and O–H groups in total. The van der Waals surface area contributed by atoms with Crippen LogP contribution >= 0.6 is 0 Å². The lowest BCUT2D eigenvalue weighted by Crippen LogP contribution is -2.41. The predicted octanol–water partition coefficient (Wildman–Crippen LogP) is 1.05. The third kappa shape index (κ3) is 3.28. The van der Waals surface area contributed by atoms with E-state index in [0.717, 1.165) is 50.3 Å². The molecular weight excluding hydrogens is 305 g/mol. The summed E-state index contributed by atoms with van der Waals surface area (Å²) in [5, 5.41) is 0. The Balaban J connectivity index is 1.69. The molecule has 6 nitrogen and oxygen atoms in total. The molecule has 7 heteroatoms. The Kier molecular flexibility index (Phi) is 4.57. The molecule has 0 bridgehead atoms. The number of hydrogen-bond donors (Lipinski definition) is 0. The average Bonchev–Trinajstić information content (AvgIpc) is 2.72. The SMILES string of the molecule is CC1(C)OB(c2ccc(N3CCCN(C=O)CC3)nc2)OC1(C)C. The van der Waals surface area contributed by atoms with Crippen molar-refractivity contribution >= 4 is 24.8 Å². The second kappa shape index (κ2) is 6.37. The Labute approximate surface area is 144 Å². The lowest BCUT2D eigenvalue weighted by molar-refractivity contribution is -0.117. The number of carbonyl (C=O) groups is 1. The zero-order valence-corrected chi connectivity index (χ0v) is 15.0. The van der Waals surface area contributed by atoms with Gasteiger partial charge in [0.05, 0.1) is 11.2 Å². The minimum atomic E-state index is -0.383. The van der Waals surface area contributed by atoms with E-state index < -0.39 is 0 Å². The van der Waals surface area contributed by atoms with Crippen LogP contribution in [0.4, 0.5) is 5.82 Å². The van der Waals surface area contributed by atoms with Crippen molar-refractivity contribution < 1.29 is 14.1 Å². The standard InChI is InChI=1S/C17H26BN3O3/c1-16(2)17(3,4)24-18(23-16)14-6-7-15(19-12-14)21-9-5-8-20(13-22)10-11-21/h6-7,12-13H,5,8-11H2,1-4H3. The summed E-state index contributed by atoms with van der Waals surface area (Å²) >= 11 is 0. The van der Waals surface area contributed by atoms with Crippen LogP contribution in [0.2, 0.25) is 0 Å². The summed E-state index contributed by atoms with van der Waals surface area (Å²) in [6.45, 7) is 11.5. The molecule has 130 valence electrons. The van der Waals surface area contributed by atoms with E-state index in [4.69, 9.17) is 9.31 Å².